The summed E-state index contributed by atoms with van der Waals surface area (Å²) in [6.07, 6.45) is 0. The van der Waals surface area contributed by atoms with Crippen molar-refractivity contribution in [1.82, 2.24) is 4.90 Å². The van der Waals surface area contributed by atoms with E-state index in [-0.39, 0.29) is 5.91 Å². The molecular weight excluding hydrogens is 202 g/mol. The lowest BCUT2D eigenvalue weighted by Gasteiger charge is -2.17. The Balaban J connectivity index is 1.73. The third kappa shape index (κ3) is 1.61. The Bertz CT molecular complexity index is 378. The van der Waals surface area contributed by atoms with Crippen molar-refractivity contribution < 1.29 is 9.53 Å². The Morgan fingerprint density at radius 2 is 1.75 bits per heavy atom. The Labute approximate surface area is 95.0 Å². The highest BCUT2D eigenvalue weighted by Crippen LogP contribution is 2.29. The molecule has 2 fully saturated rings. The van der Waals surface area contributed by atoms with Gasteiger partial charge < -0.3 is 9.64 Å². The lowest BCUT2D eigenvalue weighted by Crippen LogP contribution is -2.30. The molecule has 3 rings (SSSR count). The molecule has 1 aromatic carbocycles. The topological polar surface area (TPSA) is 29.5 Å². The van der Waals surface area contributed by atoms with Gasteiger partial charge in [-0.3, -0.25) is 4.79 Å². The molecule has 0 bridgehead atoms. The molecular formula is C13H15NO2. The second-order valence-electron chi connectivity index (χ2n) is 4.63. The first-order chi connectivity index (χ1) is 7.84. The van der Waals surface area contributed by atoms with Crippen molar-refractivity contribution in [3.8, 4) is 0 Å². The molecule has 0 N–H and O–H groups in total. The van der Waals surface area contributed by atoms with Gasteiger partial charge in [0.25, 0.3) is 5.91 Å². The Kier molecular flexibility index (Phi) is 2.40. The molecule has 16 heavy (non-hydrogen) atoms. The van der Waals surface area contributed by atoms with Crippen LogP contribution in [-0.4, -0.2) is 37.1 Å². The highest BCUT2D eigenvalue weighted by atomic mass is 16.5. The third-order valence-electron chi connectivity index (χ3n) is 3.55. The van der Waals surface area contributed by atoms with Crippen molar-refractivity contribution in [3.05, 3.63) is 35.9 Å². The number of hydrogen-bond acceptors (Lipinski definition) is 2. The zero-order valence-corrected chi connectivity index (χ0v) is 9.13. The van der Waals surface area contributed by atoms with E-state index in [4.69, 9.17) is 4.74 Å². The summed E-state index contributed by atoms with van der Waals surface area (Å²) in [4.78, 5) is 14.1. The van der Waals surface area contributed by atoms with Gasteiger partial charge in [0.2, 0.25) is 0 Å². The SMILES string of the molecule is O=C(c1ccccc1)N1C[C@H]2COC[C@H]2C1. The van der Waals surface area contributed by atoms with E-state index in [1.807, 2.05) is 35.2 Å². The van der Waals surface area contributed by atoms with Crippen LogP contribution in [0.5, 0.6) is 0 Å². The number of rotatable bonds is 1. The minimum Gasteiger partial charge on any atom is -0.381 e. The molecule has 0 aromatic heterocycles. The van der Waals surface area contributed by atoms with E-state index in [1.54, 1.807) is 0 Å². The van der Waals surface area contributed by atoms with E-state index < -0.39 is 0 Å². The average Bonchev–Trinajstić information content (AvgIpc) is 2.89. The van der Waals surface area contributed by atoms with Crippen molar-refractivity contribution in [2.24, 2.45) is 11.8 Å². The molecule has 2 aliphatic heterocycles. The van der Waals surface area contributed by atoms with Gasteiger partial charge in [-0.2, -0.15) is 0 Å². The normalized spacial score (nSPS) is 28.1. The van der Waals surface area contributed by atoms with Gasteiger partial charge in [0.05, 0.1) is 13.2 Å². The van der Waals surface area contributed by atoms with Crippen LogP contribution in [0.2, 0.25) is 0 Å². The summed E-state index contributed by atoms with van der Waals surface area (Å²) in [6.45, 7) is 3.36. The molecule has 84 valence electrons. The van der Waals surface area contributed by atoms with E-state index in [0.717, 1.165) is 31.9 Å². The van der Waals surface area contributed by atoms with Crippen molar-refractivity contribution in [2.45, 2.75) is 0 Å². The Morgan fingerprint density at radius 1 is 1.12 bits per heavy atom. The zero-order valence-electron chi connectivity index (χ0n) is 9.13. The standard InChI is InChI=1S/C13H15NO2/c15-13(10-4-2-1-3-5-10)14-6-11-8-16-9-12(11)7-14/h1-5,11-12H,6-9H2/t11-,12+. The minimum atomic E-state index is 0.162. The van der Waals surface area contributed by atoms with Crippen LogP contribution in [-0.2, 0) is 4.74 Å². The first-order valence-corrected chi connectivity index (χ1v) is 5.76. The third-order valence-corrected chi connectivity index (χ3v) is 3.55. The van der Waals surface area contributed by atoms with Crippen molar-refractivity contribution >= 4 is 5.91 Å². The maximum Gasteiger partial charge on any atom is 0.253 e. The molecule has 0 radical (unpaired) electrons. The van der Waals surface area contributed by atoms with Gasteiger partial charge >= 0.3 is 0 Å². The molecule has 2 aliphatic rings. The van der Waals surface area contributed by atoms with Crippen molar-refractivity contribution in [3.63, 3.8) is 0 Å². The van der Waals surface area contributed by atoms with Crippen LogP contribution in [0.4, 0.5) is 0 Å². The van der Waals surface area contributed by atoms with Gasteiger partial charge in [-0.15, -0.1) is 0 Å². The minimum absolute atomic E-state index is 0.162. The first-order valence-electron chi connectivity index (χ1n) is 5.76. The molecule has 0 saturated carbocycles. The van der Waals surface area contributed by atoms with E-state index in [9.17, 15) is 4.79 Å². The Morgan fingerprint density at radius 3 is 2.38 bits per heavy atom. The summed E-state index contributed by atoms with van der Waals surface area (Å²) in [6, 6.07) is 9.52. The van der Waals surface area contributed by atoms with Crippen LogP contribution in [0.25, 0.3) is 0 Å². The summed E-state index contributed by atoms with van der Waals surface area (Å²) < 4.78 is 5.41. The number of amides is 1. The molecule has 0 spiro atoms. The fourth-order valence-corrected chi connectivity index (χ4v) is 2.62. The molecule has 3 heteroatoms. The maximum absolute atomic E-state index is 12.2. The van der Waals surface area contributed by atoms with Crippen LogP contribution < -0.4 is 0 Å². The monoisotopic (exact) mass is 217 g/mol. The maximum atomic E-state index is 12.2. The number of benzene rings is 1. The molecule has 1 aromatic rings. The number of carbonyl (C=O) groups excluding carboxylic acids is 1. The van der Waals surface area contributed by atoms with Gasteiger partial charge in [0, 0.05) is 30.5 Å². The summed E-state index contributed by atoms with van der Waals surface area (Å²) in [7, 11) is 0. The highest BCUT2D eigenvalue weighted by Gasteiger charge is 2.39. The van der Waals surface area contributed by atoms with E-state index in [0.29, 0.717) is 11.8 Å². The summed E-state index contributed by atoms with van der Waals surface area (Å²) in [5.74, 6) is 1.29. The van der Waals surface area contributed by atoms with E-state index >= 15 is 0 Å². The first kappa shape index (κ1) is 9.85. The predicted octanol–water partition coefficient (Wildman–Crippen LogP) is 1.41. The van der Waals surface area contributed by atoms with Gasteiger partial charge in [-0.05, 0) is 12.1 Å². The second-order valence-corrected chi connectivity index (χ2v) is 4.63. The lowest BCUT2D eigenvalue weighted by atomic mass is 10.0. The number of fused-ring (bicyclic) bond motifs is 1. The largest absolute Gasteiger partial charge is 0.381 e. The van der Waals surface area contributed by atoms with Crippen LogP contribution in [0.3, 0.4) is 0 Å². The van der Waals surface area contributed by atoms with E-state index in [1.165, 1.54) is 0 Å². The summed E-state index contributed by atoms with van der Waals surface area (Å²) >= 11 is 0. The van der Waals surface area contributed by atoms with Crippen molar-refractivity contribution in [2.75, 3.05) is 26.3 Å². The number of ether oxygens (including phenoxy) is 1. The summed E-state index contributed by atoms with van der Waals surface area (Å²) in [5.41, 5.74) is 0.795. The van der Waals surface area contributed by atoms with Crippen LogP contribution in [0.1, 0.15) is 10.4 Å². The number of carbonyl (C=O) groups is 1. The zero-order chi connectivity index (χ0) is 11.0. The average molecular weight is 217 g/mol. The molecule has 3 nitrogen and oxygen atoms in total. The quantitative estimate of drug-likeness (QED) is 0.711. The van der Waals surface area contributed by atoms with Gasteiger partial charge in [-0.25, -0.2) is 0 Å². The van der Waals surface area contributed by atoms with E-state index in [2.05, 4.69) is 0 Å². The molecule has 0 unspecified atom stereocenters. The van der Waals surface area contributed by atoms with Crippen LogP contribution in [0, 0.1) is 11.8 Å². The van der Waals surface area contributed by atoms with Crippen LogP contribution in [0.15, 0.2) is 30.3 Å². The molecule has 2 saturated heterocycles. The van der Waals surface area contributed by atoms with Crippen LogP contribution >= 0.6 is 0 Å². The number of hydrogen-bond donors (Lipinski definition) is 0. The van der Waals surface area contributed by atoms with Crippen molar-refractivity contribution in [1.29, 1.82) is 0 Å². The fraction of sp³-hybridized carbons (Fsp3) is 0.462. The van der Waals surface area contributed by atoms with Gasteiger partial charge in [-0.1, -0.05) is 18.2 Å². The lowest BCUT2D eigenvalue weighted by molar-refractivity contribution is 0.0751. The molecule has 2 heterocycles. The second kappa shape index (κ2) is 3.91. The number of likely N-dealkylation sites (tertiary alicyclic amines) is 1. The van der Waals surface area contributed by atoms with Gasteiger partial charge in [0.15, 0.2) is 0 Å². The molecule has 2 atom stereocenters. The smallest absolute Gasteiger partial charge is 0.253 e. The predicted molar refractivity (Wildman–Crippen MR) is 60.1 cm³/mol. The molecule has 0 aliphatic carbocycles. The fourth-order valence-electron chi connectivity index (χ4n) is 2.62. The van der Waals surface area contributed by atoms with Gasteiger partial charge in [0.1, 0.15) is 0 Å². The summed E-state index contributed by atoms with van der Waals surface area (Å²) in [5, 5.41) is 0. The Hall–Kier alpha value is -1.35. The molecule has 1 amide bonds. The number of nitrogens with zero attached hydrogens (tertiary/aromatic N) is 1. The highest BCUT2D eigenvalue weighted by molar-refractivity contribution is 5.94.